The van der Waals surface area contributed by atoms with E-state index in [0.717, 1.165) is 50.6 Å². The molecule has 0 radical (unpaired) electrons. The van der Waals surface area contributed by atoms with Crippen LogP contribution in [0.1, 0.15) is 11.6 Å². The minimum Gasteiger partial charge on any atom is -0.454 e. The zero-order valence-electron chi connectivity index (χ0n) is 18.7. The fourth-order valence-electron chi connectivity index (χ4n) is 4.21. The molecule has 3 aliphatic rings. The van der Waals surface area contributed by atoms with Gasteiger partial charge in [-0.05, 0) is 24.7 Å². The minimum atomic E-state index is -0.605. The van der Waals surface area contributed by atoms with Crippen molar-refractivity contribution in [1.82, 2.24) is 25.3 Å². The Kier molecular flexibility index (Phi) is 7.80. The lowest BCUT2D eigenvalue weighted by atomic mass is 10.0. The Morgan fingerprint density at radius 2 is 1.69 bits per heavy atom. The summed E-state index contributed by atoms with van der Waals surface area (Å²) in [5.74, 6) is 0.247. The summed E-state index contributed by atoms with van der Waals surface area (Å²) in [5, 5.41) is 5.56. The van der Waals surface area contributed by atoms with Gasteiger partial charge in [-0.1, -0.05) is 6.07 Å². The topological polar surface area (TPSA) is 95.6 Å². The van der Waals surface area contributed by atoms with Crippen molar-refractivity contribution in [2.45, 2.75) is 6.04 Å². The van der Waals surface area contributed by atoms with Crippen LogP contribution in [0.15, 0.2) is 18.2 Å². The average molecular weight is 448 g/mol. The third kappa shape index (κ3) is 5.89. The van der Waals surface area contributed by atoms with E-state index in [1.807, 2.05) is 18.2 Å². The van der Waals surface area contributed by atoms with Crippen LogP contribution in [0.3, 0.4) is 0 Å². The first-order chi connectivity index (χ1) is 15.6. The first-order valence-electron chi connectivity index (χ1n) is 11.3. The summed E-state index contributed by atoms with van der Waals surface area (Å²) in [6.07, 6.45) is 0. The van der Waals surface area contributed by atoms with Crippen molar-refractivity contribution in [2.24, 2.45) is 0 Å². The molecule has 0 saturated carbocycles. The first-order valence-corrected chi connectivity index (χ1v) is 11.3. The Hall–Kier alpha value is -2.40. The van der Waals surface area contributed by atoms with E-state index in [1.165, 1.54) is 0 Å². The predicted molar refractivity (Wildman–Crippen MR) is 118 cm³/mol. The van der Waals surface area contributed by atoms with Crippen molar-refractivity contribution in [3.63, 3.8) is 0 Å². The number of carbonyl (C=O) groups excluding carboxylic acids is 2. The summed E-state index contributed by atoms with van der Waals surface area (Å²) in [6.45, 7) is 8.53. The molecule has 2 amide bonds. The highest BCUT2D eigenvalue weighted by molar-refractivity contribution is 6.35. The number of benzene rings is 1. The lowest BCUT2D eigenvalue weighted by molar-refractivity contribution is -0.139. The number of hydrogen-bond donors (Lipinski definition) is 2. The van der Waals surface area contributed by atoms with Crippen molar-refractivity contribution in [2.75, 3.05) is 86.0 Å². The molecule has 3 heterocycles. The molecule has 2 N–H and O–H groups in total. The highest BCUT2D eigenvalue weighted by Crippen LogP contribution is 2.35. The zero-order chi connectivity index (χ0) is 22.3. The van der Waals surface area contributed by atoms with Gasteiger partial charge in [-0.2, -0.15) is 0 Å². The van der Waals surface area contributed by atoms with Gasteiger partial charge in [0, 0.05) is 58.9 Å². The SMILES string of the molecule is CN1CCN([C@H](CNC(=O)C(=O)NCCN2CCOCC2)c2ccc3c(c2)OCO3)CC1. The van der Waals surface area contributed by atoms with Crippen LogP contribution in [0.4, 0.5) is 0 Å². The van der Waals surface area contributed by atoms with Gasteiger partial charge in [0.2, 0.25) is 6.79 Å². The van der Waals surface area contributed by atoms with E-state index >= 15 is 0 Å². The molecule has 10 nitrogen and oxygen atoms in total. The van der Waals surface area contributed by atoms with Gasteiger partial charge in [-0.25, -0.2) is 0 Å². The summed E-state index contributed by atoms with van der Waals surface area (Å²) < 4.78 is 16.3. The molecule has 1 atom stereocenters. The number of fused-ring (bicyclic) bond motifs is 1. The maximum atomic E-state index is 12.5. The number of carbonyl (C=O) groups is 2. The predicted octanol–water partition coefficient (Wildman–Crippen LogP) is -0.732. The van der Waals surface area contributed by atoms with Crippen molar-refractivity contribution in [3.8, 4) is 11.5 Å². The molecule has 4 rings (SSSR count). The fourth-order valence-corrected chi connectivity index (χ4v) is 4.21. The molecule has 32 heavy (non-hydrogen) atoms. The second-order valence-corrected chi connectivity index (χ2v) is 8.39. The molecule has 0 spiro atoms. The van der Waals surface area contributed by atoms with Crippen LogP contribution in [0.5, 0.6) is 11.5 Å². The molecule has 2 saturated heterocycles. The first kappa shape index (κ1) is 22.8. The molecule has 0 unspecified atom stereocenters. The number of nitrogens with one attached hydrogen (secondary N) is 2. The zero-order valence-corrected chi connectivity index (χ0v) is 18.7. The second kappa shape index (κ2) is 11.0. The number of likely N-dealkylation sites (N-methyl/N-ethyl adjacent to an activating group) is 1. The van der Waals surface area contributed by atoms with Crippen LogP contribution < -0.4 is 20.1 Å². The van der Waals surface area contributed by atoms with Gasteiger partial charge < -0.3 is 29.7 Å². The molecular weight excluding hydrogens is 414 g/mol. The van der Waals surface area contributed by atoms with Gasteiger partial charge in [0.1, 0.15) is 0 Å². The highest BCUT2D eigenvalue weighted by Gasteiger charge is 2.27. The normalized spacial score (nSPS) is 20.7. The van der Waals surface area contributed by atoms with E-state index in [4.69, 9.17) is 14.2 Å². The van der Waals surface area contributed by atoms with Crippen molar-refractivity contribution >= 4 is 11.8 Å². The van der Waals surface area contributed by atoms with Gasteiger partial charge in [0.15, 0.2) is 11.5 Å². The van der Waals surface area contributed by atoms with Crippen LogP contribution in [-0.2, 0) is 14.3 Å². The van der Waals surface area contributed by atoms with Crippen LogP contribution in [-0.4, -0.2) is 112 Å². The fraction of sp³-hybridized carbons (Fsp3) is 0.636. The Morgan fingerprint density at radius 1 is 0.969 bits per heavy atom. The van der Waals surface area contributed by atoms with E-state index in [1.54, 1.807) is 0 Å². The van der Waals surface area contributed by atoms with Crippen LogP contribution >= 0.6 is 0 Å². The standard InChI is InChI=1S/C22H33N5O5/c1-25-6-8-27(9-7-25)18(17-2-3-19-20(14-17)32-16-31-19)15-24-22(29)21(28)23-4-5-26-10-12-30-13-11-26/h2-3,14,18H,4-13,15-16H2,1H3,(H,23,28)(H,24,29)/t18-/m1/s1. The third-order valence-corrected chi connectivity index (χ3v) is 6.24. The number of hydrogen-bond acceptors (Lipinski definition) is 8. The second-order valence-electron chi connectivity index (χ2n) is 8.39. The number of nitrogens with zero attached hydrogens (tertiary/aromatic N) is 3. The lowest BCUT2D eigenvalue weighted by Gasteiger charge is -2.38. The molecule has 1 aromatic carbocycles. The van der Waals surface area contributed by atoms with Gasteiger partial charge in [-0.3, -0.25) is 19.4 Å². The molecule has 3 aliphatic heterocycles. The van der Waals surface area contributed by atoms with E-state index < -0.39 is 11.8 Å². The summed E-state index contributed by atoms with van der Waals surface area (Å²) >= 11 is 0. The number of morpholine rings is 1. The monoisotopic (exact) mass is 447 g/mol. The average Bonchev–Trinajstić information content (AvgIpc) is 3.29. The quantitative estimate of drug-likeness (QED) is 0.529. The minimum absolute atomic E-state index is 0.0525. The maximum Gasteiger partial charge on any atom is 0.309 e. The van der Waals surface area contributed by atoms with Gasteiger partial charge in [0.25, 0.3) is 0 Å². The highest BCUT2D eigenvalue weighted by atomic mass is 16.7. The van der Waals surface area contributed by atoms with Crippen molar-refractivity contribution in [1.29, 1.82) is 0 Å². The molecular formula is C22H33N5O5. The lowest BCUT2D eigenvalue weighted by Crippen LogP contribution is -2.50. The molecule has 0 bridgehead atoms. The van der Waals surface area contributed by atoms with Gasteiger partial charge in [-0.15, -0.1) is 0 Å². The Morgan fingerprint density at radius 3 is 2.47 bits per heavy atom. The van der Waals surface area contributed by atoms with Gasteiger partial charge in [0.05, 0.1) is 19.3 Å². The summed E-state index contributed by atoms with van der Waals surface area (Å²) in [7, 11) is 2.11. The number of ether oxygens (including phenoxy) is 3. The van der Waals surface area contributed by atoms with E-state index in [0.29, 0.717) is 38.6 Å². The summed E-state index contributed by atoms with van der Waals surface area (Å²) in [4.78, 5) is 31.6. The van der Waals surface area contributed by atoms with Crippen molar-refractivity contribution in [3.05, 3.63) is 23.8 Å². The smallest absolute Gasteiger partial charge is 0.309 e. The van der Waals surface area contributed by atoms with Crippen LogP contribution in [0.2, 0.25) is 0 Å². The Balaban J connectivity index is 1.32. The maximum absolute atomic E-state index is 12.5. The molecule has 1 aromatic rings. The molecule has 10 heteroatoms. The number of amides is 2. The van der Waals surface area contributed by atoms with E-state index in [9.17, 15) is 9.59 Å². The van der Waals surface area contributed by atoms with E-state index in [-0.39, 0.29) is 12.8 Å². The van der Waals surface area contributed by atoms with Gasteiger partial charge >= 0.3 is 11.8 Å². The molecule has 176 valence electrons. The van der Waals surface area contributed by atoms with Crippen LogP contribution in [0, 0.1) is 0 Å². The molecule has 0 aliphatic carbocycles. The molecule has 2 fully saturated rings. The summed E-state index contributed by atoms with van der Waals surface area (Å²) in [6, 6.07) is 5.83. The third-order valence-electron chi connectivity index (χ3n) is 6.24. The summed E-state index contributed by atoms with van der Waals surface area (Å²) in [5.41, 5.74) is 1.03. The number of piperazine rings is 1. The molecule has 0 aromatic heterocycles. The number of rotatable bonds is 7. The largest absolute Gasteiger partial charge is 0.454 e. The van der Waals surface area contributed by atoms with Crippen LogP contribution in [0.25, 0.3) is 0 Å². The Labute approximate surface area is 188 Å². The Bertz CT molecular complexity index is 793. The van der Waals surface area contributed by atoms with Crippen molar-refractivity contribution < 1.29 is 23.8 Å². The van der Waals surface area contributed by atoms with E-state index in [2.05, 4.69) is 32.4 Å².